The van der Waals surface area contributed by atoms with Crippen molar-refractivity contribution in [3.05, 3.63) is 17.3 Å². The monoisotopic (exact) mass is 308 g/mol. The Balaban J connectivity index is 2.39. The summed E-state index contributed by atoms with van der Waals surface area (Å²) in [4.78, 5) is 8.87. The zero-order valence-corrected chi connectivity index (χ0v) is 15.0. The van der Waals surface area contributed by atoms with Gasteiger partial charge < -0.3 is 15.1 Å². The average Bonchev–Trinajstić information content (AvgIpc) is 2.73. The van der Waals surface area contributed by atoms with Crippen molar-refractivity contribution in [3.63, 3.8) is 0 Å². The predicted octanol–water partition coefficient (Wildman–Crippen LogP) is 3.56. The molecule has 0 unspecified atom stereocenters. The number of guanidine groups is 1. The lowest BCUT2D eigenvalue weighted by atomic mass is 9.90. The third-order valence-corrected chi connectivity index (χ3v) is 3.44. The highest BCUT2D eigenvalue weighted by atomic mass is 16.4. The van der Waals surface area contributed by atoms with E-state index in [4.69, 9.17) is 4.42 Å². The molecule has 1 heterocycles. The Morgan fingerprint density at radius 3 is 2.45 bits per heavy atom. The van der Waals surface area contributed by atoms with E-state index in [2.05, 4.69) is 48.3 Å². The fourth-order valence-electron chi connectivity index (χ4n) is 2.08. The van der Waals surface area contributed by atoms with Gasteiger partial charge in [0.05, 0.1) is 5.69 Å². The largest absolute Gasteiger partial charge is 0.444 e. The van der Waals surface area contributed by atoms with Crippen LogP contribution in [0.1, 0.15) is 64.3 Å². The van der Waals surface area contributed by atoms with Crippen LogP contribution in [0.15, 0.2) is 9.41 Å². The number of unbranched alkanes of at least 4 members (excludes halogenated alkanes) is 1. The molecule has 1 aromatic heterocycles. The van der Waals surface area contributed by atoms with Gasteiger partial charge in [0, 0.05) is 13.1 Å². The summed E-state index contributed by atoms with van der Waals surface area (Å²) in [6, 6.07) is 0. The molecule has 0 saturated heterocycles. The van der Waals surface area contributed by atoms with Gasteiger partial charge in [-0.2, -0.15) is 0 Å². The molecule has 0 aliphatic rings. The minimum Gasteiger partial charge on any atom is -0.444 e. The molecule has 22 heavy (non-hydrogen) atoms. The number of hydrogen-bond donors (Lipinski definition) is 2. The highest BCUT2D eigenvalue weighted by Crippen LogP contribution is 2.21. The second kappa shape index (κ2) is 8.81. The van der Waals surface area contributed by atoms with Crippen molar-refractivity contribution in [2.45, 2.75) is 67.3 Å². The maximum absolute atomic E-state index is 5.55. The Kier molecular flexibility index (Phi) is 7.42. The van der Waals surface area contributed by atoms with Crippen LogP contribution in [-0.2, 0) is 6.54 Å². The van der Waals surface area contributed by atoms with Gasteiger partial charge in [0.1, 0.15) is 12.3 Å². The number of aromatic nitrogens is 1. The van der Waals surface area contributed by atoms with Crippen molar-refractivity contribution in [1.29, 1.82) is 0 Å². The summed E-state index contributed by atoms with van der Waals surface area (Å²) in [7, 11) is 0. The van der Waals surface area contributed by atoms with Crippen LogP contribution in [0.5, 0.6) is 0 Å². The summed E-state index contributed by atoms with van der Waals surface area (Å²) in [6.45, 7) is 15.0. The first-order valence-corrected chi connectivity index (χ1v) is 8.27. The van der Waals surface area contributed by atoms with E-state index >= 15 is 0 Å². The van der Waals surface area contributed by atoms with Gasteiger partial charge >= 0.3 is 0 Å². The van der Waals surface area contributed by atoms with Gasteiger partial charge in [0.2, 0.25) is 5.89 Å². The van der Waals surface area contributed by atoms with Gasteiger partial charge in [0.15, 0.2) is 5.96 Å². The SMILES string of the molecule is CCNC(=NCc1nc(C)c(C)o1)NCCCCC(C)(C)C. The van der Waals surface area contributed by atoms with E-state index in [1.54, 1.807) is 0 Å². The fraction of sp³-hybridized carbons (Fsp3) is 0.765. The van der Waals surface area contributed by atoms with Crippen LogP contribution in [0.3, 0.4) is 0 Å². The zero-order chi connectivity index (χ0) is 16.6. The lowest BCUT2D eigenvalue weighted by Gasteiger charge is -2.18. The molecule has 1 rings (SSSR count). The van der Waals surface area contributed by atoms with Gasteiger partial charge in [-0.05, 0) is 39.0 Å². The first-order valence-electron chi connectivity index (χ1n) is 8.27. The van der Waals surface area contributed by atoms with Gasteiger partial charge in [0.25, 0.3) is 0 Å². The molecule has 0 aliphatic heterocycles. The molecule has 126 valence electrons. The lowest BCUT2D eigenvalue weighted by molar-refractivity contribution is 0.360. The van der Waals surface area contributed by atoms with Gasteiger partial charge in [-0.3, -0.25) is 0 Å². The first-order chi connectivity index (χ1) is 10.3. The molecule has 0 aliphatic carbocycles. The second-order valence-electron chi connectivity index (χ2n) is 6.89. The van der Waals surface area contributed by atoms with Gasteiger partial charge in [-0.1, -0.05) is 27.2 Å². The van der Waals surface area contributed by atoms with Crippen LogP contribution in [0.2, 0.25) is 0 Å². The van der Waals surface area contributed by atoms with Crippen LogP contribution < -0.4 is 10.6 Å². The topological polar surface area (TPSA) is 62.5 Å². The highest BCUT2D eigenvalue weighted by Gasteiger charge is 2.09. The molecule has 2 N–H and O–H groups in total. The predicted molar refractivity (Wildman–Crippen MR) is 92.1 cm³/mol. The third-order valence-electron chi connectivity index (χ3n) is 3.44. The molecule has 0 spiro atoms. The number of nitrogens with one attached hydrogen (secondary N) is 2. The summed E-state index contributed by atoms with van der Waals surface area (Å²) in [6.07, 6.45) is 3.63. The molecule has 0 aromatic carbocycles. The third kappa shape index (κ3) is 7.48. The molecule has 0 fully saturated rings. The molecular formula is C17H32N4O. The van der Waals surface area contributed by atoms with E-state index in [0.29, 0.717) is 17.9 Å². The number of aryl methyl sites for hydroxylation is 2. The molecule has 0 saturated carbocycles. The lowest BCUT2D eigenvalue weighted by Crippen LogP contribution is -2.37. The average molecular weight is 308 g/mol. The van der Waals surface area contributed by atoms with E-state index in [9.17, 15) is 0 Å². The minimum absolute atomic E-state index is 0.416. The van der Waals surface area contributed by atoms with Crippen molar-refractivity contribution in [2.75, 3.05) is 13.1 Å². The Morgan fingerprint density at radius 2 is 1.91 bits per heavy atom. The van der Waals surface area contributed by atoms with E-state index in [-0.39, 0.29) is 0 Å². The number of rotatable bonds is 7. The molecule has 5 heteroatoms. The normalized spacial score (nSPS) is 12.5. The maximum atomic E-state index is 5.55. The second-order valence-corrected chi connectivity index (χ2v) is 6.89. The summed E-state index contributed by atoms with van der Waals surface area (Å²) in [5.74, 6) is 2.36. The van der Waals surface area contributed by atoms with Crippen LogP contribution in [0.4, 0.5) is 0 Å². The fourth-order valence-corrected chi connectivity index (χ4v) is 2.08. The summed E-state index contributed by atoms with van der Waals surface area (Å²) in [5, 5.41) is 6.62. The smallest absolute Gasteiger partial charge is 0.216 e. The van der Waals surface area contributed by atoms with Crippen LogP contribution in [0.25, 0.3) is 0 Å². The van der Waals surface area contributed by atoms with Gasteiger partial charge in [-0.15, -0.1) is 0 Å². The van der Waals surface area contributed by atoms with Crippen molar-refractivity contribution in [3.8, 4) is 0 Å². The molecule has 0 amide bonds. The van der Waals surface area contributed by atoms with Crippen molar-refractivity contribution in [2.24, 2.45) is 10.4 Å². The van der Waals surface area contributed by atoms with E-state index in [1.165, 1.54) is 12.8 Å². The number of hydrogen-bond acceptors (Lipinski definition) is 3. The maximum Gasteiger partial charge on any atom is 0.216 e. The Labute approximate surface area is 135 Å². The molecule has 0 bridgehead atoms. The molecular weight excluding hydrogens is 276 g/mol. The van der Waals surface area contributed by atoms with Crippen molar-refractivity contribution >= 4 is 5.96 Å². The Morgan fingerprint density at radius 1 is 1.18 bits per heavy atom. The van der Waals surface area contributed by atoms with E-state index < -0.39 is 0 Å². The number of oxazole rings is 1. The van der Waals surface area contributed by atoms with Crippen molar-refractivity contribution < 1.29 is 4.42 Å². The standard InChI is InChI=1S/C17H32N4O/c1-7-18-16(19-11-9-8-10-17(4,5)6)20-12-15-21-13(2)14(3)22-15/h7-12H2,1-6H3,(H2,18,19,20). The van der Waals surface area contributed by atoms with Gasteiger partial charge in [-0.25, -0.2) is 9.98 Å². The summed E-state index contributed by atoms with van der Waals surface area (Å²) >= 11 is 0. The Hall–Kier alpha value is -1.52. The first kappa shape index (κ1) is 18.5. The van der Waals surface area contributed by atoms with Crippen molar-refractivity contribution in [1.82, 2.24) is 15.6 Å². The van der Waals surface area contributed by atoms with Crippen LogP contribution >= 0.6 is 0 Å². The molecule has 5 nitrogen and oxygen atoms in total. The minimum atomic E-state index is 0.416. The number of aliphatic imine (C=N–C) groups is 1. The number of nitrogens with zero attached hydrogens (tertiary/aromatic N) is 2. The zero-order valence-electron chi connectivity index (χ0n) is 15.0. The molecule has 0 atom stereocenters. The van der Waals surface area contributed by atoms with Crippen LogP contribution in [0, 0.1) is 19.3 Å². The van der Waals surface area contributed by atoms with Crippen LogP contribution in [-0.4, -0.2) is 24.0 Å². The van der Waals surface area contributed by atoms with E-state index in [1.807, 2.05) is 13.8 Å². The Bertz CT molecular complexity index is 452. The molecule has 1 aromatic rings. The quantitative estimate of drug-likeness (QED) is 0.459. The van der Waals surface area contributed by atoms with E-state index in [0.717, 1.165) is 36.9 Å². The summed E-state index contributed by atoms with van der Waals surface area (Å²) < 4.78 is 5.55. The summed E-state index contributed by atoms with van der Waals surface area (Å²) in [5.41, 5.74) is 1.35. The highest BCUT2D eigenvalue weighted by molar-refractivity contribution is 5.79. The molecule has 0 radical (unpaired) electrons.